The summed E-state index contributed by atoms with van der Waals surface area (Å²) in [6.07, 6.45) is 0. The molecule has 0 radical (unpaired) electrons. The number of benzene rings is 1. The minimum Gasteiger partial charge on any atom is -0.497 e. The predicted molar refractivity (Wildman–Crippen MR) is 58.3 cm³/mol. The zero-order valence-corrected chi connectivity index (χ0v) is 9.85. The van der Waals surface area contributed by atoms with Gasteiger partial charge >= 0.3 is 0 Å². The second kappa shape index (κ2) is 4.30. The Balaban J connectivity index is 3.02. The minimum atomic E-state index is 0.875. The highest BCUT2D eigenvalue weighted by Crippen LogP contribution is 2.19. The minimum absolute atomic E-state index is 0.875. The molecule has 11 heavy (non-hydrogen) atoms. The van der Waals surface area contributed by atoms with Crippen LogP contribution < -0.4 is 4.74 Å². The summed E-state index contributed by atoms with van der Waals surface area (Å²) in [5, 5.41) is 0.875. The molecule has 0 fully saturated rings. The fraction of sp³-hybridized carbons (Fsp3) is 0.250. The van der Waals surface area contributed by atoms with E-state index in [4.69, 9.17) is 4.74 Å². The Morgan fingerprint density at radius 2 is 2.18 bits per heavy atom. The van der Waals surface area contributed by atoms with Gasteiger partial charge in [-0.3, -0.25) is 0 Å². The van der Waals surface area contributed by atoms with Crippen molar-refractivity contribution in [3.63, 3.8) is 0 Å². The van der Waals surface area contributed by atoms with Crippen LogP contribution in [-0.4, -0.2) is 7.11 Å². The Morgan fingerprint density at radius 1 is 1.45 bits per heavy atom. The molecule has 1 rings (SSSR count). The number of ether oxygens (including phenoxy) is 1. The van der Waals surface area contributed by atoms with E-state index < -0.39 is 0 Å². The van der Waals surface area contributed by atoms with Gasteiger partial charge in [-0.1, -0.05) is 15.9 Å². The molecule has 1 aromatic rings. The van der Waals surface area contributed by atoms with E-state index in [1.54, 1.807) is 7.11 Å². The third kappa shape index (κ3) is 2.63. The van der Waals surface area contributed by atoms with Crippen molar-refractivity contribution in [3.8, 4) is 5.75 Å². The van der Waals surface area contributed by atoms with Crippen LogP contribution in [0.1, 0.15) is 5.56 Å². The standard InChI is InChI=1S/C8H8BrIO/c1-11-8-3-6(5-9)2-7(10)4-8/h2-4H,5H2,1H3. The summed E-state index contributed by atoms with van der Waals surface area (Å²) in [6, 6.07) is 6.15. The van der Waals surface area contributed by atoms with Crippen molar-refractivity contribution >= 4 is 38.5 Å². The predicted octanol–water partition coefficient (Wildman–Crippen LogP) is 3.19. The number of halogens is 2. The van der Waals surface area contributed by atoms with Crippen molar-refractivity contribution in [1.82, 2.24) is 0 Å². The van der Waals surface area contributed by atoms with Gasteiger partial charge in [-0.2, -0.15) is 0 Å². The van der Waals surface area contributed by atoms with Gasteiger partial charge in [0.05, 0.1) is 7.11 Å². The zero-order valence-electron chi connectivity index (χ0n) is 6.10. The van der Waals surface area contributed by atoms with Crippen LogP contribution in [-0.2, 0) is 5.33 Å². The zero-order chi connectivity index (χ0) is 8.27. The molecule has 0 atom stereocenters. The smallest absolute Gasteiger partial charge is 0.120 e. The summed E-state index contributed by atoms with van der Waals surface area (Å²) >= 11 is 5.67. The lowest BCUT2D eigenvalue weighted by molar-refractivity contribution is 0.414. The molecule has 0 amide bonds. The first-order chi connectivity index (χ1) is 5.26. The Bertz CT molecular complexity index is 228. The molecule has 0 saturated carbocycles. The molecule has 0 spiro atoms. The number of hydrogen-bond donors (Lipinski definition) is 0. The maximum atomic E-state index is 5.11. The highest BCUT2D eigenvalue weighted by molar-refractivity contribution is 14.1. The summed E-state index contributed by atoms with van der Waals surface area (Å²) in [4.78, 5) is 0. The van der Waals surface area contributed by atoms with E-state index in [1.807, 2.05) is 12.1 Å². The van der Waals surface area contributed by atoms with Crippen LogP contribution in [0.4, 0.5) is 0 Å². The van der Waals surface area contributed by atoms with Crippen molar-refractivity contribution in [2.75, 3.05) is 7.11 Å². The Labute approximate surface area is 88.4 Å². The molecule has 0 heterocycles. The van der Waals surface area contributed by atoms with Crippen LogP contribution in [0.25, 0.3) is 0 Å². The summed E-state index contributed by atoms with van der Waals surface area (Å²) in [6.45, 7) is 0. The average molecular weight is 327 g/mol. The summed E-state index contributed by atoms with van der Waals surface area (Å²) in [5.74, 6) is 0.923. The van der Waals surface area contributed by atoms with Crippen LogP contribution in [0, 0.1) is 3.57 Å². The second-order valence-electron chi connectivity index (χ2n) is 2.13. The van der Waals surface area contributed by atoms with E-state index in [1.165, 1.54) is 9.13 Å². The number of methoxy groups -OCH3 is 1. The molecule has 0 unspecified atom stereocenters. The van der Waals surface area contributed by atoms with Crippen molar-refractivity contribution in [3.05, 3.63) is 27.3 Å². The van der Waals surface area contributed by atoms with Gasteiger partial charge in [-0.25, -0.2) is 0 Å². The van der Waals surface area contributed by atoms with E-state index in [2.05, 4.69) is 44.6 Å². The number of rotatable bonds is 2. The fourth-order valence-corrected chi connectivity index (χ4v) is 1.85. The molecule has 0 aliphatic rings. The Morgan fingerprint density at radius 3 is 2.73 bits per heavy atom. The Kier molecular flexibility index (Phi) is 3.65. The maximum absolute atomic E-state index is 5.11. The SMILES string of the molecule is COc1cc(I)cc(CBr)c1. The first-order valence-corrected chi connectivity index (χ1v) is 5.35. The van der Waals surface area contributed by atoms with Gasteiger partial charge in [0.25, 0.3) is 0 Å². The number of hydrogen-bond acceptors (Lipinski definition) is 1. The van der Waals surface area contributed by atoms with Gasteiger partial charge in [-0.15, -0.1) is 0 Å². The maximum Gasteiger partial charge on any atom is 0.120 e. The fourth-order valence-electron chi connectivity index (χ4n) is 0.816. The quantitative estimate of drug-likeness (QED) is 0.599. The van der Waals surface area contributed by atoms with Gasteiger partial charge < -0.3 is 4.74 Å². The third-order valence-corrected chi connectivity index (χ3v) is 2.59. The summed E-state index contributed by atoms with van der Waals surface area (Å²) in [7, 11) is 1.68. The normalized spacial score (nSPS) is 9.73. The first kappa shape index (κ1) is 9.32. The van der Waals surface area contributed by atoms with E-state index >= 15 is 0 Å². The molecule has 60 valence electrons. The second-order valence-corrected chi connectivity index (χ2v) is 3.94. The molecular weight excluding hydrogens is 319 g/mol. The summed E-state index contributed by atoms with van der Waals surface area (Å²) < 4.78 is 6.32. The van der Waals surface area contributed by atoms with Crippen molar-refractivity contribution in [2.24, 2.45) is 0 Å². The molecule has 0 aromatic heterocycles. The molecule has 1 nitrogen and oxygen atoms in total. The van der Waals surface area contributed by atoms with Crippen molar-refractivity contribution in [2.45, 2.75) is 5.33 Å². The van der Waals surface area contributed by atoms with Gasteiger partial charge in [-0.05, 0) is 46.4 Å². The summed E-state index contributed by atoms with van der Waals surface area (Å²) in [5.41, 5.74) is 1.24. The van der Waals surface area contributed by atoms with E-state index in [0.29, 0.717) is 0 Å². The van der Waals surface area contributed by atoms with E-state index in [9.17, 15) is 0 Å². The first-order valence-electron chi connectivity index (χ1n) is 3.15. The lowest BCUT2D eigenvalue weighted by Gasteiger charge is -2.02. The molecular formula is C8H8BrIO. The molecule has 1 aromatic carbocycles. The van der Waals surface area contributed by atoms with E-state index in [-0.39, 0.29) is 0 Å². The van der Waals surface area contributed by atoms with E-state index in [0.717, 1.165) is 11.1 Å². The monoisotopic (exact) mass is 326 g/mol. The molecule has 0 aliphatic carbocycles. The molecule has 0 aliphatic heterocycles. The topological polar surface area (TPSA) is 9.23 Å². The van der Waals surface area contributed by atoms with Crippen molar-refractivity contribution < 1.29 is 4.74 Å². The van der Waals surface area contributed by atoms with Gasteiger partial charge in [0.2, 0.25) is 0 Å². The van der Waals surface area contributed by atoms with Crippen LogP contribution in [0.15, 0.2) is 18.2 Å². The highest BCUT2D eigenvalue weighted by atomic mass is 127. The lowest BCUT2D eigenvalue weighted by atomic mass is 10.2. The lowest BCUT2D eigenvalue weighted by Crippen LogP contribution is -1.86. The van der Waals surface area contributed by atoms with Gasteiger partial charge in [0, 0.05) is 8.90 Å². The average Bonchev–Trinajstić information content (AvgIpc) is 2.03. The number of alkyl halides is 1. The van der Waals surface area contributed by atoms with Gasteiger partial charge in [0.15, 0.2) is 0 Å². The largest absolute Gasteiger partial charge is 0.497 e. The molecule has 0 saturated heterocycles. The highest BCUT2D eigenvalue weighted by Gasteiger charge is 1.96. The Hall–Kier alpha value is 0.230. The van der Waals surface area contributed by atoms with Crippen molar-refractivity contribution in [1.29, 1.82) is 0 Å². The molecule has 0 bridgehead atoms. The molecule has 0 N–H and O–H groups in total. The molecule has 3 heteroatoms. The van der Waals surface area contributed by atoms with Crippen LogP contribution in [0.5, 0.6) is 5.75 Å². The van der Waals surface area contributed by atoms with Crippen LogP contribution in [0.3, 0.4) is 0 Å². The van der Waals surface area contributed by atoms with Gasteiger partial charge in [0.1, 0.15) is 5.75 Å². The van der Waals surface area contributed by atoms with Crippen LogP contribution in [0.2, 0.25) is 0 Å². The third-order valence-electron chi connectivity index (χ3n) is 1.32. The van der Waals surface area contributed by atoms with Crippen LogP contribution >= 0.6 is 38.5 Å².